The number of fused-ring (bicyclic) bond motifs is 4. The first-order chi connectivity index (χ1) is 16.1. The number of nitrogens with zero attached hydrogens (tertiary/aromatic N) is 5. The molecule has 3 aliphatic carbocycles. The Morgan fingerprint density at radius 1 is 1.15 bits per heavy atom. The van der Waals surface area contributed by atoms with Crippen molar-refractivity contribution in [1.29, 1.82) is 0 Å². The summed E-state index contributed by atoms with van der Waals surface area (Å²) in [4.78, 5) is 37.4. The highest BCUT2D eigenvalue weighted by atomic mass is 35.5. The summed E-state index contributed by atoms with van der Waals surface area (Å²) in [5, 5.41) is 13.6. The van der Waals surface area contributed by atoms with Gasteiger partial charge in [0.05, 0.1) is 23.9 Å². The van der Waals surface area contributed by atoms with E-state index in [0.717, 1.165) is 25.7 Å². The lowest BCUT2D eigenvalue weighted by Crippen LogP contribution is -2.51. The zero-order chi connectivity index (χ0) is 22.5. The van der Waals surface area contributed by atoms with E-state index < -0.39 is 11.9 Å². The lowest BCUT2D eigenvalue weighted by molar-refractivity contribution is -0.148. The minimum atomic E-state index is -0.759. The molecule has 4 heterocycles. The number of anilines is 1. The average Bonchev–Trinajstić information content (AvgIpc) is 3.49. The lowest BCUT2D eigenvalue weighted by Gasteiger charge is -2.47. The summed E-state index contributed by atoms with van der Waals surface area (Å²) in [5.74, 6) is 0.501. The van der Waals surface area contributed by atoms with E-state index in [-0.39, 0.29) is 23.0 Å². The van der Waals surface area contributed by atoms with Gasteiger partial charge in [-0.2, -0.15) is 0 Å². The van der Waals surface area contributed by atoms with Crippen LogP contribution in [0.1, 0.15) is 25.7 Å². The zero-order valence-corrected chi connectivity index (χ0v) is 18.2. The van der Waals surface area contributed by atoms with Crippen molar-refractivity contribution in [3.8, 4) is 23.0 Å². The molecule has 4 aromatic rings. The van der Waals surface area contributed by atoms with Crippen molar-refractivity contribution < 1.29 is 14.3 Å². The van der Waals surface area contributed by atoms with Gasteiger partial charge in [-0.05, 0) is 37.5 Å². The molecule has 11 heteroatoms. The van der Waals surface area contributed by atoms with Crippen molar-refractivity contribution in [2.75, 3.05) is 5.32 Å². The molecular formula is C22H20ClN7O3. The number of oxazole rings is 1. The molecule has 4 aromatic heterocycles. The maximum Gasteiger partial charge on any atom is 0.308 e. The van der Waals surface area contributed by atoms with Crippen molar-refractivity contribution in [3.63, 3.8) is 0 Å². The fraction of sp³-hybridized carbons (Fsp3) is 0.364. The van der Waals surface area contributed by atoms with E-state index in [9.17, 15) is 9.90 Å². The van der Waals surface area contributed by atoms with Gasteiger partial charge in [0.1, 0.15) is 28.4 Å². The van der Waals surface area contributed by atoms with Crippen molar-refractivity contribution in [2.45, 2.75) is 31.7 Å². The van der Waals surface area contributed by atoms with E-state index in [2.05, 4.69) is 30.2 Å². The number of carboxylic acid groups (broad SMARTS) is 1. The zero-order valence-electron chi connectivity index (χ0n) is 17.4. The Balaban J connectivity index is 1.45. The molecule has 0 aliphatic heterocycles. The van der Waals surface area contributed by atoms with E-state index in [1.165, 1.54) is 12.5 Å². The van der Waals surface area contributed by atoms with Crippen molar-refractivity contribution >= 4 is 34.6 Å². The molecule has 2 bridgehead atoms. The normalized spacial score (nSPS) is 24.3. The van der Waals surface area contributed by atoms with Gasteiger partial charge in [0.15, 0.2) is 11.5 Å². The van der Waals surface area contributed by atoms with Crippen molar-refractivity contribution in [3.05, 3.63) is 36.1 Å². The summed E-state index contributed by atoms with van der Waals surface area (Å²) < 4.78 is 5.47. The molecule has 0 radical (unpaired) electrons. The fourth-order valence-electron chi connectivity index (χ4n) is 5.32. The maximum absolute atomic E-state index is 12.1. The van der Waals surface area contributed by atoms with Crippen LogP contribution in [0.2, 0.25) is 5.15 Å². The van der Waals surface area contributed by atoms with Crippen molar-refractivity contribution in [1.82, 2.24) is 29.9 Å². The molecule has 2 atom stereocenters. The monoisotopic (exact) mass is 465 g/mol. The predicted molar refractivity (Wildman–Crippen MR) is 119 cm³/mol. The van der Waals surface area contributed by atoms with Crippen LogP contribution in [0.15, 0.2) is 35.3 Å². The molecule has 0 saturated heterocycles. The minimum Gasteiger partial charge on any atom is -0.481 e. The Morgan fingerprint density at radius 3 is 2.73 bits per heavy atom. The standard InChI is InChI=1S/C22H20ClN7O3/c23-14-9-26-20-18(28-14)12(8-25-20)19-27-13(21-24-5-6-33-21)7-15(30-19)29-17-11-3-1-10(2-4-11)16(17)22(31)32/h5-11,16-17H,1-4H2,(H,25,26)(H,31,32)(H,27,29,30)/t10?,11?,16-,17-/m0/s1. The number of aromatic amines is 1. The quantitative estimate of drug-likeness (QED) is 0.398. The van der Waals surface area contributed by atoms with E-state index >= 15 is 0 Å². The second-order valence-corrected chi connectivity index (χ2v) is 8.99. The summed E-state index contributed by atoms with van der Waals surface area (Å²) >= 11 is 6.07. The van der Waals surface area contributed by atoms with Gasteiger partial charge < -0.3 is 19.8 Å². The molecule has 0 aromatic carbocycles. The van der Waals surface area contributed by atoms with Gasteiger partial charge in [0.2, 0.25) is 5.89 Å². The molecule has 7 rings (SSSR count). The Labute approximate surface area is 192 Å². The molecule has 3 aliphatic rings. The Morgan fingerprint density at radius 2 is 1.97 bits per heavy atom. The topological polar surface area (TPSA) is 143 Å². The van der Waals surface area contributed by atoms with Crippen LogP contribution >= 0.6 is 11.6 Å². The van der Waals surface area contributed by atoms with Crippen molar-refractivity contribution in [2.24, 2.45) is 17.8 Å². The Hall–Kier alpha value is -3.53. The van der Waals surface area contributed by atoms with E-state index in [1.54, 1.807) is 18.5 Å². The molecule has 0 unspecified atom stereocenters. The molecule has 3 N–H and O–H groups in total. The summed E-state index contributed by atoms with van der Waals surface area (Å²) in [6.45, 7) is 0. The van der Waals surface area contributed by atoms with E-state index in [0.29, 0.717) is 40.0 Å². The number of rotatable bonds is 5. The first-order valence-electron chi connectivity index (χ1n) is 10.8. The number of nitrogens with one attached hydrogen (secondary N) is 2. The van der Waals surface area contributed by atoms with E-state index in [4.69, 9.17) is 21.0 Å². The number of aromatic nitrogens is 6. The van der Waals surface area contributed by atoms with Crippen LogP contribution in [0.3, 0.4) is 0 Å². The molecule has 0 spiro atoms. The van der Waals surface area contributed by atoms with Gasteiger partial charge in [-0.1, -0.05) is 11.6 Å². The molecule has 33 heavy (non-hydrogen) atoms. The number of halogens is 1. The number of carbonyl (C=O) groups is 1. The summed E-state index contributed by atoms with van der Waals surface area (Å²) in [7, 11) is 0. The number of H-pyrrole nitrogens is 1. The third-order valence-electron chi connectivity index (χ3n) is 6.79. The van der Waals surface area contributed by atoms with Gasteiger partial charge in [0, 0.05) is 18.3 Å². The Kier molecular flexibility index (Phi) is 4.75. The van der Waals surface area contributed by atoms with Crippen LogP contribution in [-0.2, 0) is 4.79 Å². The third-order valence-corrected chi connectivity index (χ3v) is 6.97. The summed E-state index contributed by atoms with van der Waals surface area (Å²) in [6, 6.07) is 1.54. The molecule has 3 saturated carbocycles. The summed E-state index contributed by atoms with van der Waals surface area (Å²) in [5.41, 5.74) is 2.20. The van der Waals surface area contributed by atoms with Gasteiger partial charge in [0.25, 0.3) is 0 Å². The predicted octanol–water partition coefficient (Wildman–Crippen LogP) is 4.02. The fourth-order valence-corrected chi connectivity index (χ4v) is 5.46. The molecule has 168 valence electrons. The van der Waals surface area contributed by atoms with Gasteiger partial charge in [-0.3, -0.25) is 4.79 Å². The summed E-state index contributed by atoms with van der Waals surface area (Å²) in [6.07, 6.45) is 10.2. The van der Waals surface area contributed by atoms with Crippen LogP contribution in [0.4, 0.5) is 5.82 Å². The van der Waals surface area contributed by atoms with Crippen LogP contribution in [0.5, 0.6) is 0 Å². The second kappa shape index (κ2) is 7.80. The number of carboxylic acids is 1. The second-order valence-electron chi connectivity index (χ2n) is 8.60. The first kappa shape index (κ1) is 20.1. The maximum atomic E-state index is 12.1. The molecule has 10 nitrogen and oxygen atoms in total. The SMILES string of the molecule is O=C(O)[C@H]1C2CCC(CC2)[C@@H]1Nc1cc(-c2ncco2)nc(-c2c[nH]c3ncc(Cl)nc23)n1. The molecular weight excluding hydrogens is 446 g/mol. The largest absolute Gasteiger partial charge is 0.481 e. The smallest absolute Gasteiger partial charge is 0.308 e. The minimum absolute atomic E-state index is 0.184. The van der Waals surface area contributed by atoms with Crippen LogP contribution in [-0.4, -0.2) is 47.0 Å². The van der Waals surface area contributed by atoms with Gasteiger partial charge >= 0.3 is 5.97 Å². The Bertz CT molecular complexity index is 1330. The van der Waals surface area contributed by atoms with Gasteiger partial charge in [-0.15, -0.1) is 0 Å². The molecule has 3 fully saturated rings. The molecule has 0 amide bonds. The van der Waals surface area contributed by atoms with Crippen LogP contribution < -0.4 is 5.32 Å². The van der Waals surface area contributed by atoms with Gasteiger partial charge in [-0.25, -0.2) is 24.9 Å². The van der Waals surface area contributed by atoms with Crippen LogP contribution in [0, 0.1) is 17.8 Å². The highest BCUT2D eigenvalue weighted by Gasteiger charge is 2.47. The third kappa shape index (κ3) is 3.50. The number of hydrogen-bond donors (Lipinski definition) is 3. The average molecular weight is 466 g/mol. The van der Waals surface area contributed by atoms with E-state index in [1.807, 2.05) is 0 Å². The number of hydrogen-bond acceptors (Lipinski definition) is 8. The van der Waals surface area contributed by atoms with Crippen LogP contribution in [0.25, 0.3) is 34.1 Å². The highest BCUT2D eigenvalue weighted by Crippen LogP contribution is 2.46. The first-order valence-corrected chi connectivity index (χ1v) is 11.2. The number of aliphatic carboxylic acids is 1. The lowest BCUT2D eigenvalue weighted by atomic mass is 9.61. The highest BCUT2D eigenvalue weighted by molar-refractivity contribution is 6.29.